The lowest BCUT2D eigenvalue weighted by Gasteiger charge is -2.17. The zero-order valence-electron chi connectivity index (χ0n) is 13.6. The minimum absolute atomic E-state index is 0.0537. The van der Waals surface area contributed by atoms with Gasteiger partial charge in [0.2, 0.25) is 0 Å². The molecule has 0 bridgehead atoms. The molecular weight excluding hydrogens is 315 g/mol. The van der Waals surface area contributed by atoms with E-state index in [1.54, 1.807) is 45.0 Å². The van der Waals surface area contributed by atoms with Crippen LogP contribution in [0.5, 0.6) is 0 Å². The Kier molecular flexibility index (Phi) is 5.99. The minimum atomic E-state index is -3.13. The summed E-state index contributed by atoms with van der Waals surface area (Å²) in [6.45, 7) is 6.01. The SMILES string of the molecule is CCOP(=O)(Cc1ccc(C2=NN=CC(C)C2=O)cc1)OCC. The maximum absolute atomic E-state index is 12.5. The zero-order chi connectivity index (χ0) is 16.9. The van der Waals surface area contributed by atoms with E-state index in [2.05, 4.69) is 10.2 Å². The third-order valence-corrected chi connectivity index (χ3v) is 5.41. The highest BCUT2D eigenvalue weighted by Crippen LogP contribution is 2.51. The van der Waals surface area contributed by atoms with Gasteiger partial charge in [-0.3, -0.25) is 9.36 Å². The second-order valence-corrected chi connectivity index (χ2v) is 7.22. The van der Waals surface area contributed by atoms with Crippen molar-refractivity contribution in [3.05, 3.63) is 35.4 Å². The summed E-state index contributed by atoms with van der Waals surface area (Å²) in [7, 11) is -3.13. The molecule has 0 aliphatic carbocycles. The summed E-state index contributed by atoms with van der Waals surface area (Å²) in [5, 5.41) is 7.78. The molecule has 1 aromatic rings. The van der Waals surface area contributed by atoms with Gasteiger partial charge in [-0.2, -0.15) is 5.10 Å². The Morgan fingerprint density at radius 1 is 1.13 bits per heavy atom. The van der Waals surface area contributed by atoms with Crippen LogP contribution < -0.4 is 0 Å². The number of benzene rings is 1. The van der Waals surface area contributed by atoms with Crippen LogP contribution in [0.3, 0.4) is 0 Å². The molecule has 6 nitrogen and oxygen atoms in total. The fourth-order valence-corrected chi connectivity index (χ4v) is 3.94. The summed E-state index contributed by atoms with van der Waals surface area (Å²) in [5.74, 6) is -0.319. The highest BCUT2D eigenvalue weighted by molar-refractivity contribution is 7.53. The summed E-state index contributed by atoms with van der Waals surface area (Å²) in [6, 6.07) is 7.17. The van der Waals surface area contributed by atoms with Crippen LogP contribution in [0.15, 0.2) is 34.5 Å². The van der Waals surface area contributed by atoms with Gasteiger partial charge in [-0.25, -0.2) is 0 Å². The number of hydrogen-bond acceptors (Lipinski definition) is 6. The fourth-order valence-electron chi connectivity index (χ4n) is 2.24. The van der Waals surface area contributed by atoms with Gasteiger partial charge in [0.1, 0.15) is 5.71 Å². The number of carbonyl (C=O) groups excluding carboxylic acids is 1. The summed E-state index contributed by atoms with van der Waals surface area (Å²) < 4.78 is 23.1. The van der Waals surface area contributed by atoms with Gasteiger partial charge in [-0.05, 0) is 26.3 Å². The predicted molar refractivity (Wildman–Crippen MR) is 90.2 cm³/mol. The lowest BCUT2D eigenvalue weighted by molar-refractivity contribution is -0.114. The Morgan fingerprint density at radius 2 is 1.74 bits per heavy atom. The van der Waals surface area contributed by atoms with E-state index in [1.165, 1.54) is 6.21 Å². The van der Waals surface area contributed by atoms with E-state index in [1.807, 2.05) is 0 Å². The highest BCUT2D eigenvalue weighted by Gasteiger charge is 2.25. The van der Waals surface area contributed by atoms with Crippen molar-refractivity contribution in [1.82, 2.24) is 0 Å². The van der Waals surface area contributed by atoms with Crippen LogP contribution in [0.2, 0.25) is 0 Å². The van der Waals surface area contributed by atoms with Crippen molar-refractivity contribution < 1.29 is 18.4 Å². The zero-order valence-corrected chi connectivity index (χ0v) is 14.5. The van der Waals surface area contributed by atoms with Gasteiger partial charge in [-0.15, -0.1) is 5.10 Å². The molecule has 1 aliphatic heterocycles. The molecule has 1 heterocycles. The van der Waals surface area contributed by atoms with Gasteiger partial charge in [0.15, 0.2) is 5.78 Å². The van der Waals surface area contributed by atoms with Crippen LogP contribution in [0.25, 0.3) is 0 Å². The molecular formula is C16H21N2O4P. The van der Waals surface area contributed by atoms with E-state index in [0.717, 1.165) is 5.56 Å². The van der Waals surface area contributed by atoms with Crippen LogP contribution in [-0.4, -0.2) is 30.9 Å². The molecule has 0 spiro atoms. The normalized spacial score (nSPS) is 18.1. The van der Waals surface area contributed by atoms with Crippen molar-refractivity contribution >= 4 is 25.3 Å². The van der Waals surface area contributed by atoms with E-state index in [0.29, 0.717) is 24.5 Å². The largest absolute Gasteiger partial charge is 0.335 e. The summed E-state index contributed by atoms with van der Waals surface area (Å²) in [4.78, 5) is 12.1. The number of rotatable bonds is 7. The average molecular weight is 336 g/mol. The van der Waals surface area contributed by atoms with E-state index in [4.69, 9.17) is 9.05 Å². The third kappa shape index (κ3) is 4.44. The van der Waals surface area contributed by atoms with Gasteiger partial charge in [0.25, 0.3) is 0 Å². The van der Waals surface area contributed by atoms with Crippen LogP contribution in [0.1, 0.15) is 31.9 Å². The van der Waals surface area contributed by atoms with Crippen LogP contribution in [-0.2, 0) is 24.6 Å². The molecule has 7 heteroatoms. The number of Topliss-reactive ketones (excluding diaryl/α,β-unsaturated/α-hetero) is 1. The third-order valence-electron chi connectivity index (χ3n) is 3.35. The fraction of sp³-hybridized carbons (Fsp3) is 0.438. The monoisotopic (exact) mass is 336 g/mol. The van der Waals surface area contributed by atoms with Crippen LogP contribution in [0.4, 0.5) is 0 Å². The lowest BCUT2D eigenvalue weighted by Crippen LogP contribution is -2.26. The smallest absolute Gasteiger partial charge is 0.309 e. The Balaban J connectivity index is 2.16. The molecule has 0 saturated carbocycles. The molecule has 124 valence electrons. The Hall–Kier alpha value is -1.62. The molecule has 23 heavy (non-hydrogen) atoms. The van der Waals surface area contributed by atoms with Gasteiger partial charge >= 0.3 is 7.60 Å². The molecule has 0 saturated heterocycles. The van der Waals surface area contributed by atoms with E-state index in [9.17, 15) is 9.36 Å². The second kappa shape index (κ2) is 7.77. The first-order chi connectivity index (χ1) is 11.0. The van der Waals surface area contributed by atoms with Crippen molar-refractivity contribution in [3.63, 3.8) is 0 Å². The first-order valence-electron chi connectivity index (χ1n) is 7.62. The molecule has 1 aromatic carbocycles. The van der Waals surface area contributed by atoms with Crippen molar-refractivity contribution in [2.45, 2.75) is 26.9 Å². The Morgan fingerprint density at radius 3 is 2.30 bits per heavy atom. The highest BCUT2D eigenvalue weighted by atomic mass is 31.2. The van der Waals surface area contributed by atoms with Crippen molar-refractivity contribution in [2.75, 3.05) is 13.2 Å². The number of ketones is 1. The first kappa shape index (κ1) is 17.7. The molecule has 0 radical (unpaired) electrons. The molecule has 0 amide bonds. The first-order valence-corrected chi connectivity index (χ1v) is 9.34. The molecule has 2 rings (SSSR count). The van der Waals surface area contributed by atoms with Crippen molar-refractivity contribution in [1.29, 1.82) is 0 Å². The Labute approximate surface area is 136 Å². The Bertz CT molecular complexity index is 657. The average Bonchev–Trinajstić information content (AvgIpc) is 2.51. The summed E-state index contributed by atoms with van der Waals surface area (Å²) in [6.07, 6.45) is 1.73. The predicted octanol–water partition coefficient (Wildman–Crippen LogP) is 3.45. The maximum Gasteiger partial charge on any atom is 0.335 e. The standard InChI is InChI=1S/C16H21N2O4P/c1-4-21-23(20,22-5-2)11-13-6-8-14(9-7-13)15-16(19)12(3)10-17-18-15/h6-10,12H,4-5,11H2,1-3H3. The van der Waals surface area contributed by atoms with Gasteiger partial charge < -0.3 is 9.05 Å². The molecule has 1 unspecified atom stereocenters. The molecule has 0 aromatic heterocycles. The number of carbonyl (C=O) groups is 1. The summed E-state index contributed by atoms with van der Waals surface area (Å²) in [5.41, 5.74) is 1.87. The summed E-state index contributed by atoms with van der Waals surface area (Å²) >= 11 is 0. The quantitative estimate of drug-likeness (QED) is 0.715. The molecule has 0 fully saturated rings. The van der Waals surface area contributed by atoms with Gasteiger partial charge in [0.05, 0.1) is 25.3 Å². The molecule has 1 atom stereocenters. The molecule has 0 N–H and O–H groups in total. The van der Waals surface area contributed by atoms with Crippen LogP contribution in [0, 0.1) is 5.92 Å². The molecule has 1 aliphatic rings. The second-order valence-electron chi connectivity index (χ2n) is 5.17. The van der Waals surface area contributed by atoms with Gasteiger partial charge in [0, 0.05) is 11.8 Å². The number of nitrogens with zero attached hydrogens (tertiary/aromatic N) is 2. The van der Waals surface area contributed by atoms with E-state index < -0.39 is 7.60 Å². The number of hydrogen-bond donors (Lipinski definition) is 0. The van der Waals surface area contributed by atoms with Crippen molar-refractivity contribution in [3.8, 4) is 0 Å². The van der Waals surface area contributed by atoms with Crippen LogP contribution >= 0.6 is 7.60 Å². The van der Waals surface area contributed by atoms with Gasteiger partial charge in [-0.1, -0.05) is 24.3 Å². The minimum Gasteiger partial charge on any atom is -0.309 e. The maximum atomic E-state index is 12.5. The van der Waals surface area contributed by atoms with E-state index in [-0.39, 0.29) is 17.9 Å². The lowest BCUT2D eigenvalue weighted by atomic mass is 9.97. The van der Waals surface area contributed by atoms with E-state index >= 15 is 0 Å². The topological polar surface area (TPSA) is 77.3 Å². The van der Waals surface area contributed by atoms with Crippen molar-refractivity contribution in [2.24, 2.45) is 16.1 Å².